The van der Waals surface area contributed by atoms with E-state index in [1.54, 1.807) is 0 Å². The molecular weight excluding hydrogens is 384 g/mol. The Hall–Kier alpha value is -2.22. The number of hydrogen-bond acceptors (Lipinski definition) is 4. The van der Waals surface area contributed by atoms with E-state index in [1.807, 2.05) is 42.5 Å². The third kappa shape index (κ3) is 3.76. The molecule has 0 amide bonds. The first-order valence-electron chi connectivity index (χ1n) is 8.75. The van der Waals surface area contributed by atoms with Crippen LogP contribution < -0.4 is 0 Å². The fraction of sp³-hybridized carbons (Fsp3) is 0.263. The maximum atomic E-state index is 12.9. The Morgan fingerprint density at radius 1 is 1.19 bits per heavy atom. The fourth-order valence-corrected chi connectivity index (χ4v) is 5.13. The van der Waals surface area contributed by atoms with E-state index in [-0.39, 0.29) is 10.9 Å². The molecule has 1 N–H and O–H groups in total. The lowest BCUT2D eigenvalue weighted by Gasteiger charge is -2.23. The summed E-state index contributed by atoms with van der Waals surface area (Å²) >= 11 is 5.94. The Kier molecular flexibility index (Phi) is 4.99. The third-order valence-electron chi connectivity index (χ3n) is 4.75. The highest BCUT2D eigenvalue weighted by Crippen LogP contribution is 2.35. The first-order chi connectivity index (χ1) is 13.0. The van der Waals surface area contributed by atoms with Gasteiger partial charge in [-0.25, -0.2) is 8.42 Å². The minimum Gasteiger partial charge on any atom is -0.284 e. The van der Waals surface area contributed by atoms with Crippen LogP contribution in [0.25, 0.3) is 0 Å². The number of aromatic nitrogens is 3. The molecule has 1 atom stereocenters. The summed E-state index contributed by atoms with van der Waals surface area (Å²) in [7, 11) is -3.58. The summed E-state index contributed by atoms with van der Waals surface area (Å²) in [5.41, 5.74) is 2.80. The van der Waals surface area contributed by atoms with E-state index in [0.29, 0.717) is 18.0 Å². The molecule has 0 radical (unpaired) electrons. The number of halogens is 1. The largest absolute Gasteiger partial charge is 0.284 e. The van der Waals surface area contributed by atoms with Gasteiger partial charge in [0.05, 0.1) is 17.9 Å². The minimum atomic E-state index is -3.58. The van der Waals surface area contributed by atoms with E-state index in [2.05, 4.69) is 10.2 Å². The molecule has 2 aromatic heterocycles. The Bertz CT molecular complexity index is 1020. The van der Waals surface area contributed by atoms with Crippen LogP contribution in [0.4, 0.5) is 0 Å². The van der Waals surface area contributed by atoms with Gasteiger partial charge in [0.1, 0.15) is 4.90 Å². The second kappa shape index (κ2) is 7.42. The molecule has 8 heteroatoms. The molecule has 0 unspecified atom stereocenters. The smallest absolute Gasteiger partial charge is 0.246 e. The van der Waals surface area contributed by atoms with Gasteiger partial charge < -0.3 is 0 Å². The van der Waals surface area contributed by atoms with Crippen LogP contribution in [0, 0.1) is 0 Å². The molecule has 6 nitrogen and oxygen atoms in total. The highest BCUT2D eigenvalue weighted by molar-refractivity contribution is 7.89. The number of nitrogens with zero attached hydrogens (tertiary/aromatic N) is 3. The lowest BCUT2D eigenvalue weighted by molar-refractivity contribution is 0.390. The average molecular weight is 403 g/mol. The SMILES string of the molecule is O=S(=O)(c1cn[nH]c1)N1CCC[C@@H]1c1cccc(Cc2ccc(Cl)cc2)n1. The van der Waals surface area contributed by atoms with Gasteiger partial charge in [0.15, 0.2) is 0 Å². The molecular formula is C19H19ClN4O2S. The number of rotatable bonds is 5. The van der Waals surface area contributed by atoms with E-state index in [4.69, 9.17) is 16.6 Å². The Morgan fingerprint density at radius 3 is 2.74 bits per heavy atom. The van der Waals surface area contributed by atoms with Gasteiger partial charge in [0.25, 0.3) is 0 Å². The normalized spacial score (nSPS) is 18.0. The molecule has 3 heterocycles. The Balaban J connectivity index is 1.60. The molecule has 3 aromatic rings. The molecule has 1 aliphatic rings. The zero-order valence-electron chi connectivity index (χ0n) is 14.5. The van der Waals surface area contributed by atoms with E-state index < -0.39 is 10.0 Å². The third-order valence-corrected chi connectivity index (χ3v) is 6.88. The molecule has 1 fully saturated rings. The van der Waals surface area contributed by atoms with Crippen molar-refractivity contribution in [3.8, 4) is 0 Å². The van der Waals surface area contributed by atoms with Crippen LogP contribution in [-0.4, -0.2) is 34.4 Å². The lowest BCUT2D eigenvalue weighted by Crippen LogP contribution is -2.31. The average Bonchev–Trinajstić information content (AvgIpc) is 3.36. The van der Waals surface area contributed by atoms with Gasteiger partial charge in [0.2, 0.25) is 10.0 Å². The molecule has 4 rings (SSSR count). The van der Waals surface area contributed by atoms with Crippen LogP contribution in [0.1, 0.15) is 35.8 Å². The van der Waals surface area contributed by atoms with Crippen molar-refractivity contribution in [3.05, 3.63) is 76.8 Å². The van der Waals surface area contributed by atoms with Crippen molar-refractivity contribution in [1.29, 1.82) is 0 Å². The van der Waals surface area contributed by atoms with E-state index >= 15 is 0 Å². The summed E-state index contributed by atoms with van der Waals surface area (Å²) in [6.45, 7) is 0.487. The van der Waals surface area contributed by atoms with Gasteiger partial charge in [-0.1, -0.05) is 29.8 Å². The summed E-state index contributed by atoms with van der Waals surface area (Å²) in [6.07, 6.45) is 5.00. The van der Waals surface area contributed by atoms with Crippen LogP contribution in [0.15, 0.2) is 59.8 Å². The number of pyridine rings is 1. The van der Waals surface area contributed by atoms with Gasteiger partial charge in [-0.3, -0.25) is 10.1 Å². The van der Waals surface area contributed by atoms with Gasteiger partial charge in [0, 0.05) is 29.9 Å². The first-order valence-corrected chi connectivity index (χ1v) is 10.6. The van der Waals surface area contributed by atoms with Crippen LogP contribution in [0.2, 0.25) is 5.02 Å². The summed E-state index contributed by atoms with van der Waals surface area (Å²) in [4.78, 5) is 4.94. The van der Waals surface area contributed by atoms with Crippen LogP contribution in [-0.2, 0) is 16.4 Å². The number of H-pyrrole nitrogens is 1. The van der Waals surface area contributed by atoms with Gasteiger partial charge in [-0.2, -0.15) is 9.40 Å². The van der Waals surface area contributed by atoms with E-state index in [0.717, 1.165) is 29.8 Å². The molecule has 0 saturated carbocycles. The van der Waals surface area contributed by atoms with Gasteiger partial charge in [-0.15, -0.1) is 0 Å². The highest BCUT2D eigenvalue weighted by Gasteiger charge is 2.37. The maximum Gasteiger partial charge on any atom is 0.246 e. The molecule has 140 valence electrons. The maximum absolute atomic E-state index is 12.9. The molecule has 0 aliphatic carbocycles. The Labute approximate surface area is 163 Å². The highest BCUT2D eigenvalue weighted by atomic mass is 35.5. The summed E-state index contributed by atoms with van der Waals surface area (Å²) in [5, 5.41) is 7.04. The van der Waals surface area contributed by atoms with Crippen LogP contribution >= 0.6 is 11.6 Å². The monoisotopic (exact) mass is 402 g/mol. The number of aromatic amines is 1. The molecule has 0 bridgehead atoms. The topological polar surface area (TPSA) is 79.0 Å². The predicted molar refractivity (Wildman–Crippen MR) is 103 cm³/mol. The summed E-state index contributed by atoms with van der Waals surface area (Å²) in [6, 6.07) is 13.2. The molecule has 0 spiro atoms. The van der Waals surface area contributed by atoms with E-state index in [9.17, 15) is 8.42 Å². The molecule has 27 heavy (non-hydrogen) atoms. The zero-order valence-corrected chi connectivity index (χ0v) is 16.1. The standard InChI is InChI=1S/C19H19ClN4O2S/c20-15-8-6-14(7-9-15)11-16-3-1-4-18(23-16)19-5-2-10-24(19)27(25,26)17-12-21-22-13-17/h1,3-4,6-9,12-13,19H,2,5,10-11H2,(H,21,22)/t19-/m1/s1. The van der Waals surface area contributed by atoms with Crippen LogP contribution in [0.3, 0.4) is 0 Å². The quantitative estimate of drug-likeness (QED) is 0.707. The summed E-state index contributed by atoms with van der Waals surface area (Å²) < 4.78 is 27.4. The number of sulfonamides is 1. The van der Waals surface area contributed by atoms with Crippen molar-refractivity contribution >= 4 is 21.6 Å². The van der Waals surface area contributed by atoms with Crippen molar-refractivity contribution in [2.24, 2.45) is 0 Å². The van der Waals surface area contributed by atoms with Crippen molar-refractivity contribution in [2.45, 2.75) is 30.2 Å². The van der Waals surface area contributed by atoms with Crippen molar-refractivity contribution < 1.29 is 8.42 Å². The lowest BCUT2D eigenvalue weighted by atomic mass is 10.1. The molecule has 1 aliphatic heterocycles. The fourth-order valence-electron chi connectivity index (χ4n) is 3.43. The number of nitrogens with one attached hydrogen (secondary N) is 1. The summed E-state index contributed by atoms with van der Waals surface area (Å²) in [5.74, 6) is 0. The van der Waals surface area contributed by atoms with Crippen molar-refractivity contribution in [2.75, 3.05) is 6.54 Å². The molecule has 1 aromatic carbocycles. The van der Waals surface area contributed by atoms with Gasteiger partial charge in [-0.05, 0) is 42.7 Å². The second-order valence-corrected chi connectivity index (χ2v) is 8.89. The zero-order chi connectivity index (χ0) is 18.9. The van der Waals surface area contributed by atoms with Crippen molar-refractivity contribution in [3.63, 3.8) is 0 Å². The number of hydrogen-bond donors (Lipinski definition) is 1. The minimum absolute atomic E-state index is 0.187. The molecule has 1 saturated heterocycles. The van der Waals surface area contributed by atoms with Crippen LogP contribution in [0.5, 0.6) is 0 Å². The second-order valence-electron chi connectivity index (χ2n) is 6.56. The van der Waals surface area contributed by atoms with Crippen molar-refractivity contribution in [1.82, 2.24) is 19.5 Å². The Morgan fingerprint density at radius 2 is 2.00 bits per heavy atom. The number of benzene rings is 1. The first kappa shape index (κ1) is 18.2. The van der Waals surface area contributed by atoms with Gasteiger partial charge >= 0.3 is 0 Å². The predicted octanol–water partition coefficient (Wildman–Crippen LogP) is 3.57. The van der Waals surface area contributed by atoms with E-state index in [1.165, 1.54) is 16.7 Å².